The molecule has 0 aromatic heterocycles. The Morgan fingerprint density at radius 2 is 1.28 bits per heavy atom. The summed E-state index contributed by atoms with van der Waals surface area (Å²) in [6.07, 6.45) is 5.07. The molecule has 0 unspecified atom stereocenters. The van der Waals surface area contributed by atoms with E-state index >= 15 is 0 Å². The number of Topliss-reactive ketones (excluding diaryl/α,β-unsaturated/α-hetero) is 1. The second-order valence-corrected chi connectivity index (χ2v) is 7.40. The zero-order valence-electron chi connectivity index (χ0n) is 14.8. The molecule has 1 aliphatic carbocycles. The van der Waals surface area contributed by atoms with Gasteiger partial charge in [0.25, 0.3) is 0 Å². The van der Waals surface area contributed by atoms with Gasteiger partial charge in [0.15, 0.2) is 11.6 Å². The number of hydrogen-bond acceptors (Lipinski definition) is 3. The molecule has 0 heterocycles. The Balaban J connectivity index is 1.75. The molecule has 130 valence electrons. The summed E-state index contributed by atoms with van der Waals surface area (Å²) in [7, 11) is 0. The highest BCUT2D eigenvalue weighted by Crippen LogP contribution is 2.34. The molecular formula is C22H24O3. The molecule has 1 N–H and O–H groups in total. The van der Waals surface area contributed by atoms with E-state index in [0.717, 1.165) is 0 Å². The molecule has 0 aliphatic heterocycles. The Kier molecular flexibility index (Phi) is 4.87. The van der Waals surface area contributed by atoms with Gasteiger partial charge in [-0.2, -0.15) is 0 Å². The monoisotopic (exact) mass is 336 g/mol. The van der Waals surface area contributed by atoms with Crippen molar-refractivity contribution in [1.82, 2.24) is 0 Å². The van der Waals surface area contributed by atoms with Gasteiger partial charge in [-0.15, -0.1) is 0 Å². The average molecular weight is 336 g/mol. The first-order chi connectivity index (χ1) is 11.9. The Morgan fingerprint density at radius 3 is 1.76 bits per heavy atom. The maximum atomic E-state index is 12.6. The van der Waals surface area contributed by atoms with Crippen LogP contribution < -0.4 is 0 Å². The molecule has 0 saturated heterocycles. The van der Waals surface area contributed by atoms with Crippen molar-refractivity contribution in [3.05, 3.63) is 70.8 Å². The molecule has 3 nitrogen and oxygen atoms in total. The molecule has 1 fully saturated rings. The van der Waals surface area contributed by atoms with Crippen LogP contribution in [0.5, 0.6) is 0 Å². The van der Waals surface area contributed by atoms with E-state index < -0.39 is 5.60 Å². The molecule has 3 rings (SSSR count). The predicted octanol–water partition coefficient (Wildman–Crippen LogP) is 4.53. The topological polar surface area (TPSA) is 54.4 Å². The van der Waals surface area contributed by atoms with Gasteiger partial charge in [-0.3, -0.25) is 9.59 Å². The fourth-order valence-corrected chi connectivity index (χ4v) is 3.46. The van der Waals surface area contributed by atoms with Gasteiger partial charge in [0, 0.05) is 16.7 Å². The van der Waals surface area contributed by atoms with Crippen LogP contribution in [-0.2, 0) is 0 Å². The predicted molar refractivity (Wildman–Crippen MR) is 98.2 cm³/mol. The first kappa shape index (κ1) is 17.6. The zero-order valence-corrected chi connectivity index (χ0v) is 14.8. The molecule has 0 atom stereocenters. The van der Waals surface area contributed by atoms with E-state index in [1.807, 2.05) is 12.1 Å². The summed E-state index contributed by atoms with van der Waals surface area (Å²) in [5.41, 5.74) is 1.51. The van der Waals surface area contributed by atoms with Crippen LogP contribution in [-0.4, -0.2) is 22.3 Å². The lowest BCUT2D eigenvalue weighted by molar-refractivity contribution is 0.0488. The molecule has 0 amide bonds. The maximum Gasteiger partial charge on any atom is 0.193 e. The quantitative estimate of drug-likeness (QED) is 0.816. The number of carbonyl (C=O) groups excluding carboxylic acids is 2. The minimum atomic E-state index is -1.42. The molecule has 1 saturated carbocycles. The number of ketones is 2. The van der Waals surface area contributed by atoms with Gasteiger partial charge in [-0.1, -0.05) is 61.4 Å². The van der Waals surface area contributed by atoms with Crippen LogP contribution in [0.3, 0.4) is 0 Å². The van der Waals surface area contributed by atoms with Crippen LogP contribution in [0.2, 0.25) is 0 Å². The summed E-state index contributed by atoms with van der Waals surface area (Å²) in [6.45, 7) is 2.92. The lowest BCUT2D eigenvalue weighted by atomic mass is 9.93. The Labute approximate surface area is 148 Å². The first-order valence-electron chi connectivity index (χ1n) is 8.88. The number of carbonyl (C=O) groups is 2. The molecule has 0 radical (unpaired) electrons. The smallest absolute Gasteiger partial charge is 0.193 e. The van der Waals surface area contributed by atoms with E-state index in [1.165, 1.54) is 45.1 Å². The number of rotatable bonds is 5. The van der Waals surface area contributed by atoms with Crippen molar-refractivity contribution in [3.63, 3.8) is 0 Å². The third-order valence-corrected chi connectivity index (χ3v) is 4.96. The molecule has 3 heteroatoms. The van der Waals surface area contributed by atoms with Gasteiger partial charge in [0.2, 0.25) is 0 Å². The van der Waals surface area contributed by atoms with E-state index in [9.17, 15) is 14.7 Å². The fraction of sp³-hybridized carbons (Fsp3) is 0.364. The van der Waals surface area contributed by atoms with E-state index in [0.29, 0.717) is 22.6 Å². The van der Waals surface area contributed by atoms with Crippen molar-refractivity contribution in [2.24, 2.45) is 0 Å². The van der Waals surface area contributed by atoms with Gasteiger partial charge in [0.1, 0.15) is 5.60 Å². The number of hydrogen-bond donors (Lipinski definition) is 1. The Hall–Kier alpha value is -2.26. The van der Waals surface area contributed by atoms with Gasteiger partial charge < -0.3 is 5.11 Å². The van der Waals surface area contributed by atoms with Gasteiger partial charge in [-0.05, 0) is 38.2 Å². The van der Waals surface area contributed by atoms with E-state index in [2.05, 4.69) is 12.1 Å². The van der Waals surface area contributed by atoms with Crippen molar-refractivity contribution in [2.45, 2.75) is 51.0 Å². The SMILES string of the molecule is CC(C)(O)C(=O)c1ccc(C(=O)c2ccc(C3CCCC3)cc2)cc1. The Bertz CT molecular complexity index is 758. The van der Waals surface area contributed by atoms with Crippen molar-refractivity contribution in [1.29, 1.82) is 0 Å². The highest BCUT2D eigenvalue weighted by molar-refractivity contribution is 6.09. The van der Waals surface area contributed by atoms with Crippen molar-refractivity contribution in [2.75, 3.05) is 0 Å². The lowest BCUT2D eigenvalue weighted by Gasteiger charge is -2.15. The minimum Gasteiger partial charge on any atom is -0.382 e. The average Bonchev–Trinajstić information content (AvgIpc) is 3.14. The third-order valence-electron chi connectivity index (χ3n) is 4.96. The second kappa shape index (κ2) is 6.93. The largest absolute Gasteiger partial charge is 0.382 e. The van der Waals surface area contributed by atoms with Crippen LogP contribution >= 0.6 is 0 Å². The summed E-state index contributed by atoms with van der Waals surface area (Å²) in [6, 6.07) is 14.4. The fourth-order valence-electron chi connectivity index (χ4n) is 3.46. The van der Waals surface area contributed by atoms with E-state index in [4.69, 9.17) is 0 Å². The normalized spacial score (nSPS) is 15.3. The number of benzene rings is 2. The van der Waals surface area contributed by atoms with Crippen LogP contribution in [0, 0.1) is 0 Å². The van der Waals surface area contributed by atoms with Crippen LogP contribution in [0.1, 0.15) is 77.3 Å². The number of aliphatic hydroxyl groups is 1. The molecule has 0 spiro atoms. The molecule has 0 bridgehead atoms. The third kappa shape index (κ3) is 3.88. The maximum absolute atomic E-state index is 12.6. The van der Waals surface area contributed by atoms with Crippen LogP contribution in [0.15, 0.2) is 48.5 Å². The highest BCUT2D eigenvalue weighted by Gasteiger charge is 2.25. The standard InChI is InChI=1S/C22H24O3/c1-22(2,25)21(24)19-13-11-18(12-14-19)20(23)17-9-7-16(8-10-17)15-5-3-4-6-15/h7-15,25H,3-6H2,1-2H3. The van der Waals surface area contributed by atoms with Gasteiger partial charge in [-0.25, -0.2) is 0 Å². The molecule has 25 heavy (non-hydrogen) atoms. The zero-order chi connectivity index (χ0) is 18.0. The molecule has 2 aromatic rings. The van der Waals surface area contributed by atoms with Crippen LogP contribution in [0.25, 0.3) is 0 Å². The van der Waals surface area contributed by atoms with Crippen molar-refractivity contribution in [3.8, 4) is 0 Å². The highest BCUT2D eigenvalue weighted by atomic mass is 16.3. The first-order valence-corrected chi connectivity index (χ1v) is 8.88. The molecule has 1 aliphatic rings. The van der Waals surface area contributed by atoms with Gasteiger partial charge >= 0.3 is 0 Å². The van der Waals surface area contributed by atoms with E-state index in [1.54, 1.807) is 24.3 Å². The van der Waals surface area contributed by atoms with Crippen LogP contribution in [0.4, 0.5) is 0 Å². The summed E-state index contributed by atoms with van der Waals surface area (Å²) in [5, 5.41) is 9.80. The van der Waals surface area contributed by atoms with Crippen molar-refractivity contribution < 1.29 is 14.7 Å². The molecule has 2 aromatic carbocycles. The summed E-state index contributed by atoms with van der Waals surface area (Å²) in [5.74, 6) is 0.226. The van der Waals surface area contributed by atoms with Crippen molar-refractivity contribution >= 4 is 11.6 Å². The second-order valence-electron chi connectivity index (χ2n) is 7.40. The Morgan fingerprint density at radius 1 is 0.840 bits per heavy atom. The molecular weight excluding hydrogens is 312 g/mol. The lowest BCUT2D eigenvalue weighted by Crippen LogP contribution is -2.31. The minimum absolute atomic E-state index is 0.0553. The summed E-state index contributed by atoms with van der Waals surface area (Å²) >= 11 is 0. The summed E-state index contributed by atoms with van der Waals surface area (Å²) in [4.78, 5) is 24.7. The summed E-state index contributed by atoms with van der Waals surface area (Å²) < 4.78 is 0. The van der Waals surface area contributed by atoms with Gasteiger partial charge in [0.05, 0.1) is 0 Å². The van der Waals surface area contributed by atoms with E-state index in [-0.39, 0.29) is 11.6 Å².